The molecule has 5 heteroatoms. The van der Waals surface area contributed by atoms with Crippen LogP contribution in [-0.4, -0.2) is 21.0 Å². The zero-order chi connectivity index (χ0) is 12.3. The minimum absolute atomic E-state index is 0.146. The van der Waals surface area contributed by atoms with Crippen LogP contribution in [0.15, 0.2) is 29.2 Å². The summed E-state index contributed by atoms with van der Waals surface area (Å²) in [5, 5.41) is 3.18. The molecule has 0 spiro atoms. The molecule has 1 saturated carbocycles. The van der Waals surface area contributed by atoms with Gasteiger partial charge in [-0.25, -0.2) is 13.1 Å². The van der Waals surface area contributed by atoms with Crippen molar-refractivity contribution in [3.63, 3.8) is 0 Å². The van der Waals surface area contributed by atoms with Crippen LogP contribution in [-0.2, 0) is 10.0 Å². The van der Waals surface area contributed by atoms with Gasteiger partial charge in [-0.3, -0.25) is 0 Å². The maximum Gasteiger partial charge on any atom is 0.240 e. The van der Waals surface area contributed by atoms with Crippen LogP contribution in [0.4, 0.5) is 5.69 Å². The largest absolute Gasteiger partial charge is 0.385 e. The molecule has 1 fully saturated rings. The van der Waals surface area contributed by atoms with Gasteiger partial charge in [-0.2, -0.15) is 0 Å². The topological polar surface area (TPSA) is 58.2 Å². The Balaban J connectivity index is 2.13. The molecular weight excluding hydrogens is 236 g/mol. The average molecular weight is 254 g/mol. The fourth-order valence-corrected chi connectivity index (χ4v) is 2.88. The third-order valence-electron chi connectivity index (χ3n) is 2.62. The quantitative estimate of drug-likeness (QED) is 0.815. The third kappa shape index (κ3) is 3.44. The van der Waals surface area contributed by atoms with Crippen LogP contribution in [0.25, 0.3) is 0 Å². The van der Waals surface area contributed by atoms with Gasteiger partial charge in [0.1, 0.15) is 0 Å². The second-order valence-electron chi connectivity index (χ2n) is 4.35. The highest BCUT2D eigenvalue weighted by Crippen LogP contribution is 2.23. The first-order valence-corrected chi connectivity index (χ1v) is 7.46. The minimum atomic E-state index is -3.33. The SMILES string of the molecule is CCCNc1cccc(S(=O)(=O)NC2CC2)c1. The predicted molar refractivity (Wildman–Crippen MR) is 68.6 cm³/mol. The van der Waals surface area contributed by atoms with Crippen LogP contribution < -0.4 is 10.0 Å². The summed E-state index contributed by atoms with van der Waals surface area (Å²) in [6.45, 7) is 2.92. The van der Waals surface area contributed by atoms with E-state index in [0.29, 0.717) is 4.90 Å². The zero-order valence-electron chi connectivity index (χ0n) is 9.94. The fourth-order valence-electron chi connectivity index (χ4n) is 1.53. The van der Waals surface area contributed by atoms with Crippen molar-refractivity contribution in [3.05, 3.63) is 24.3 Å². The summed E-state index contributed by atoms with van der Waals surface area (Å²) < 4.78 is 26.6. The monoisotopic (exact) mass is 254 g/mol. The van der Waals surface area contributed by atoms with Crippen molar-refractivity contribution in [3.8, 4) is 0 Å². The fraction of sp³-hybridized carbons (Fsp3) is 0.500. The molecule has 94 valence electrons. The molecule has 0 radical (unpaired) electrons. The molecule has 1 aliphatic carbocycles. The molecule has 0 saturated heterocycles. The van der Waals surface area contributed by atoms with Crippen molar-refractivity contribution in [2.45, 2.75) is 37.1 Å². The lowest BCUT2D eigenvalue weighted by Crippen LogP contribution is -2.25. The van der Waals surface area contributed by atoms with Gasteiger partial charge in [-0.15, -0.1) is 0 Å². The van der Waals surface area contributed by atoms with Gasteiger partial charge >= 0.3 is 0 Å². The maximum atomic E-state index is 12.0. The Kier molecular flexibility index (Phi) is 3.69. The van der Waals surface area contributed by atoms with Crippen LogP contribution in [0.1, 0.15) is 26.2 Å². The summed E-state index contributed by atoms with van der Waals surface area (Å²) >= 11 is 0. The van der Waals surface area contributed by atoms with E-state index in [1.807, 2.05) is 6.07 Å². The van der Waals surface area contributed by atoms with E-state index in [4.69, 9.17) is 0 Å². The van der Waals surface area contributed by atoms with E-state index in [-0.39, 0.29) is 6.04 Å². The predicted octanol–water partition coefficient (Wildman–Crippen LogP) is 1.95. The molecule has 0 aliphatic heterocycles. The van der Waals surface area contributed by atoms with Crippen LogP contribution >= 0.6 is 0 Å². The van der Waals surface area contributed by atoms with Gasteiger partial charge in [0.25, 0.3) is 0 Å². The lowest BCUT2D eigenvalue weighted by Gasteiger charge is -2.08. The van der Waals surface area contributed by atoms with E-state index in [1.54, 1.807) is 18.2 Å². The molecule has 0 heterocycles. The van der Waals surface area contributed by atoms with Crippen molar-refractivity contribution in [2.24, 2.45) is 0 Å². The van der Waals surface area contributed by atoms with Gasteiger partial charge in [0.15, 0.2) is 0 Å². The van der Waals surface area contributed by atoms with Gasteiger partial charge in [-0.1, -0.05) is 13.0 Å². The van der Waals surface area contributed by atoms with Gasteiger partial charge in [0.05, 0.1) is 4.90 Å². The Hall–Kier alpha value is -1.07. The van der Waals surface area contributed by atoms with Crippen LogP contribution in [0.2, 0.25) is 0 Å². The second kappa shape index (κ2) is 5.06. The maximum absolute atomic E-state index is 12.0. The van der Waals surface area contributed by atoms with E-state index >= 15 is 0 Å². The first-order chi connectivity index (χ1) is 8.12. The molecule has 1 aliphatic rings. The summed E-state index contributed by atoms with van der Waals surface area (Å²) in [5.41, 5.74) is 0.852. The number of anilines is 1. The molecule has 4 nitrogen and oxygen atoms in total. The Morgan fingerprint density at radius 2 is 2.12 bits per heavy atom. The number of hydrogen-bond acceptors (Lipinski definition) is 3. The van der Waals surface area contributed by atoms with Gasteiger partial charge in [0, 0.05) is 18.3 Å². The van der Waals surface area contributed by atoms with E-state index in [1.165, 1.54) is 0 Å². The third-order valence-corrected chi connectivity index (χ3v) is 4.14. The molecule has 17 heavy (non-hydrogen) atoms. The Morgan fingerprint density at radius 1 is 1.35 bits per heavy atom. The smallest absolute Gasteiger partial charge is 0.240 e. The number of benzene rings is 1. The molecule has 2 rings (SSSR count). The molecular formula is C12H18N2O2S. The average Bonchev–Trinajstić information content (AvgIpc) is 3.10. The number of hydrogen-bond donors (Lipinski definition) is 2. The number of rotatable bonds is 6. The highest BCUT2D eigenvalue weighted by molar-refractivity contribution is 7.89. The lowest BCUT2D eigenvalue weighted by molar-refractivity contribution is 0.581. The first-order valence-electron chi connectivity index (χ1n) is 5.98. The first kappa shape index (κ1) is 12.4. The van der Waals surface area contributed by atoms with Gasteiger partial charge in [0.2, 0.25) is 10.0 Å². The van der Waals surface area contributed by atoms with Crippen molar-refractivity contribution >= 4 is 15.7 Å². The van der Waals surface area contributed by atoms with Gasteiger partial charge < -0.3 is 5.32 Å². The molecule has 0 amide bonds. The number of sulfonamides is 1. The summed E-state index contributed by atoms with van der Waals surface area (Å²) in [6, 6.07) is 7.10. The molecule has 0 unspecified atom stereocenters. The van der Waals surface area contributed by atoms with Crippen molar-refractivity contribution in [2.75, 3.05) is 11.9 Å². The number of nitrogens with one attached hydrogen (secondary N) is 2. The van der Waals surface area contributed by atoms with Crippen molar-refractivity contribution in [1.29, 1.82) is 0 Å². The minimum Gasteiger partial charge on any atom is -0.385 e. The van der Waals surface area contributed by atoms with E-state index in [0.717, 1.165) is 31.5 Å². The lowest BCUT2D eigenvalue weighted by atomic mass is 10.3. The summed E-state index contributed by atoms with van der Waals surface area (Å²) in [4.78, 5) is 0.338. The Labute approximate surface area is 102 Å². The standard InChI is InChI=1S/C12H18N2O2S/c1-2-8-13-11-4-3-5-12(9-11)17(15,16)14-10-6-7-10/h3-5,9-10,13-14H,2,6-8H2,1H3. The van der Waals surface area contributed by atoms with Crippen LogP contribution in [0, 0.1) is 0 Å². The normalized spacial score (nSPS) is 15.8. The van der Waals surface area contributed by atoms with Crippen molar-refractivity contribution < 1.29 is 8.42 Å². The Morgan fingerprint density at radius 3 is 2.76 bits per heavy atom. The summed E-state index contributed by atoms with van der Waals surface area (Å²) in [7, 11) is -3.33. The molecule has 2 N–H and O–H groups in total. The zero-order valence-corrected chi connectivity index (χ0v) is 10.8. The highest BCUT2D eigenvalue weighted by atomic mass is 32.2. The molecule has 0 aromatic heterocycles. The summed E-state index contributed by atoms with van der Waals surface area (Å²) in [6.07, 6.45) is 2.91. The van der Waals surface area contributed by atoms with Crippen LogP contribution in [0.3, 0.4) is 0 Å². The second-order valence-corrected chi connectivity index (χ2v) is 6.06. The highest BCUT2D eigenvalue weighted by Gasteiger charge is 2.27. The van der Waals surface area contributed by atoms with Crippen molar-refractivity contribution in [1.82, 2.24) is 4.72 Å². The van der Waals surface area contributed by atoms with Crippen LogP contribution in [0.5, 0.6) is 0 Å². The van der Waals surface area contributed by atoms with E-state index in [2.05, 4.69) is 17.0 Å². The molecule has 0 bridgehead atoms. The Bertz CT molecular complexity index is 481. The molecule has 0 atom stereocenters. The molecule has 1 aromatic carbocycles. The van der Waals surface area contributed by atoms with Gasteiger partial charge in [-0.05, 0) is 37.5 Å². The van der Waals surface area contributed by atoms with E-state index in [9.17, 15) is 8.42 Å². The molecule has 1 aromatic rings. The summed E-state index contributed by atoms with van der Waals surface area (Å²) in [5.74, 6) is 0. The van der Waals surface area contributed by atoms with E-state index < -0.39 is 10.0 Å².